The molecule has 4 rings (SSSR count). The van der Waals surface area contributed by atoms with Crippen LogP contribution in [0.2, 0.25) is 0 Å². The molecule has 166 valence electrons. The average Bonchev–Trinajstić information content (AvgIpc) is 3.47. The minimum atomic E-state index is -0.0840. The second-order valence-electron chi connectivity index (χ2n) is 7.47. The summed E-state index contributed by atoms with van der Waals surface area (Å²) in [5.74, 6) is 2.24. The molecule has 9 heteroatoms. The molecule has 2 saturated heterocycles. The van der Waals surface area contributed by atoms with E-state index in [9.17, 15) is 9.59 Å². The van der Waals surface area contributed by atoms with Crippen LogP contribution in [0, 0.1) is 0 Å². The van der Waals surface area contributed by atoms with Crippen LogP contribution in [0.1, 0.15) is 20.6 Å². The molecular formula is C22H27N3O4S2. The fraction of sp³-hybridized carbons (Fsp3) is 0.455. The molecule has 0 saturated carbocycles. The van der Waals surface area contributed by atoms with Crippen LogP contribution in [-0.2, 0) is 4.79 Å². The first-order valence-electron chi connectivity index (χ1n) is 10.3. The van der Waals surface area contributed by atoms with Crippen LogP contribution in [0.15, 0.2) is 35.7 Å². The van der Waals surface area contributed by atoms with Crippen LogP contribution in [0.3, 0.4) is 0 Å². The average molecular weight is 462 g/mol. The van der Waals surface area contributed by atoms with Crippen molar-refractivity contribution in [2.45, 2.75) is 5.37 Å². The van der Waals surface area contributed by atoms with E-state index in [2.05, 4.69) is 4.90 Å². The predicted molar refractivity (Wildman–Crippen MR) is 123 cm³/mol. The van der Waals surface area contributed by atoms with E-state index in [1.54, 1.807) is 26.0 Å². The number of thiophene rings is 1. The summed E-state index contributed by atoms with van der Waals surface area (Å²) in [5.41, 5.74) is 0.962. The van der Waals surface area contributed by atoms with Gasteiger partial charge in [0.05, 0.1) is 24.8 Å². The third-order valence-electron chi connectivity index (χ3n) is 5.72. The van der Waals surface area contributed by atoms with Gasteiger partial charge in [-0.05, 0) is 29.6 Å². The molecule has 0 radical (unpaired) electrons. The number of rotatable bonds is 7. The molecule has 3 heterocycles. The van der Waals surface area contributed by atoms with E-state index in [1.165, 1.54) is 11.3 Å². The molecule has 2 aliphatic heterocycles. The molecule has 1 aromatic carbocycles. The number of amides is 2. The summed E-state index contributed by atoms with van der Waals surface area (Å²) in [6.07, 6.45) is 0. The lowest BCUT2D eigenvalue weighted by atomic mass is 10.1. The second kappa shape index (κ2) is 9.93. The molecule has 31 heavy (non-hydrogen) atoms. The molecule has 7 nitrogen and oxygen atoms in total. The smallest absolute Gasteiger partial charge is 0.264 e. The topological polar surface area (TPSA) is 62.3 Å². The summed E-state index contributed by atoms with van der Waals surface area (Å²) >= 11 is 3.11. The summed E-state index contributed by atoms with van der Waals surface area (Å²) in [5, 5.41) is 1.85. The highest BCUT2D eigenvalue weighted by Crippen LogP contribution is 2.43. The third-order valence-corrected chi connectivity index (χ3v) is 7.82. The predicted octanol–water partition coefficient (Wildman–Crippen LogP) is 2.80. The molecule has 0 spiro atoms. The van der Waals surface area contributed by atoms with Gasteiger partial charge in [0.2, 0.25) is 5.91 Å². The van der Waals surface area contributed by atoms with E-state index in [0.717, 1.165) is 41.6 Å². The van der Waals surface area contributed by atoms with Gasteiger partial charge >= 0.3 is 0 Å². The number of benzene rings is 1. The lowest BCUT2D eigenvalue weighted by molar-refractivity contribution is -0.128. The fourth-order valence-corrected chi connectivity index (χ4v) is 5.89. The fourth-order valence-electron chi connectivity index (χ4n) is 3.97. The molecular weight excluding hydrogens is 434 g/mol. The third kappa shape index (κ3) is 4.83. The van der Waals surface area contributed by atoms with Gasteiger partial charge in [-0.15, -0.1) is 23.1 Å². The minimum absolute atomic E-state index is 0.0840. The molecule has 2 fully saturated rings. The van der Waals surface area contributed by atoms with Crippen molar-refractivity contribution in [3.63, 3.8) is 0 Å². The summed E-state index contributed by atoms with van der Waals surface area (Å²) in [7, 11) is 3.28. The van der Waals surface area contributed by atoms with Crippen LogP contribution in [0.4, 0.5) is 0 Å². The van der Waals surface area contributed by atoms with Crippen molar-refractivity contribution >= 4 is 34.9 Å². The van der Waals surface area contributed by atoms with Gasteiger partial charge < -0.3 is 19.3 Å². The number of piperazine rings is 1. The number of ether oxygens (including phenoxy) is 2. The maximum absolute atomic E-state index is 12.6. The number of carbonyl (C=O) groups excluding carboxylic acids is 2. The van der Waals surface area contributed by atoms with E-state index in [-0.39, 0.29) is 17.2 Å². The Morgan fingerprint density at radius 3 is 2.58 bits per heavy atom. The van der Waals surface area contributed by atoms with Gasteiger partial charge in [-0.25, -0.2) is 0 Å². The maximum Gasteiger partial charge on any atom is 0.264 e. The lowest BCUT2D eigenvalue weighted by Gasteiger charge is -2.36. The highest BCUT2D eigenvalue weighted by Gasteiger charge is 2.35. The number of thioether (sulfide) groups is 1. The Hall–Kier alpha value is -2.23. The first kappa shape index (κ1) is 22.0. The normalized spacial score (nSPS) is 19.7. The Labute approximate surface area is 190 Å². The van der Waals surface area contributed by atoms with Crippen LogP contribution >= 0.6 is 23.1 Å². The van der Waals surface area contributed by atoms with E-state index < -0.39 is 0 Å². The van der Waals surface area contributed by atoms with Gasteiger partial charge in [-0.3, -0.25) is 14.5 Å². The largest absolute Gasteiger partial charge is 0.497 e. The van der Waals surface area contributed by atoms with Crippen molar-refractivity contribution in [3.8, 4) is 11.5 Å². The molecule has 0 aliphatic carbocycles. The van der Waals surface area contributed by atoms with Gasteiger partial charge in [0.1, 0.15) is 16.9 Å². The van der Waals surface area contributed by atoms with Crippen molar-refractivity contribution in [2.24, 2.45) is 0 Å². The second-order valence-corrected chi connectivity index (χ2v) is 9.49. The van der Waals surface area contributed by atoms with Gasteiger partial charge in [0.15, 0.2) is 0 Å². The van der Waals surface area contributed by atoms with Crippen LogP contribution in [0.5, 0.6) is 11.5 Å². The number of carbonyl (C=O) groups is 2. The number of hydrogen-bond donors (Lipinski definition) is 0. The molecule has 1 unspecified atom stereocenters. The van der Waals surface area contributed by atoms with Gasteiger partial charge in [-0.2, -0.15) is 0 Å². The first-order valence-corrected chi connectivity index (χ1v) is 12.2. The van der Waals surface area contributed by atoms with E-state index in [0.29, 0.717) is 25.4 Å². The molecule has 2 amide bonds. The van der Waals surface area contributed by atoms with Gasteiger partial charge in [-0.1, -0.05) is 6.07 Å². The summed E-state index contributed by atoms with van der Waals surface area (Å²) in [6, 6.07) is 9.50. The van der Waals surface area contributed by atoms with Crippen molar-refractivity contribution in [3.05, 3.63) is 46.2 Å². The Balaban J connectivity index is 1.36. The molecule has 1 atom stereocenters. The standard InChI is InChI=1S/C22H27N3O4S2/c1-28-16-5-6-18(29-2)17(14-16)22-25(20(26)15-31-22)12-9-23-7-10-24(11-8-23)21(27)19-4-3-13-30-19/h3-6,13-14,22H,7-12,15H2,1-2H3. The number of hydrogen-bond acceptors (Lipinski definition) is 7. The van der Waals surface area contributed by atoms with Crippen LogP contribution in [-0.4, -0.2) is 85.8 Å². The lowest BCUT2D eigenvalue weighted by Crippen LogP contribution is -2.50. The van der Waals surface area contributed by atoms with E-state index in [1.807, 2.05) is 45.5 Å². The number of nitrogens with zero attached hydrogens (tertiary/aromatic N) is 3. The molecule has 2 aromatic rings. The molecule has 2 aliphatic rings. The van der Waals surface area contributed by atoms with Crippen LogP contribution < -0.4 is 9.47 Å². The summed E-state index contributed by atoms with van der Waals surface area (Å²) in [4.78, 5) is 32.1. The van der Waals surface area contributed by atoms with E-state index in [4.69, 9.17) is 9.47 Å². The SMILES string of the molecule is COc1ccc(OC)c(C2SCC(=O)N2CCN2CCN(C(=O)c3cccs3)CC2)c1. The zero-order valence-corrected chi connectivity index (χ0v) is 19.4. The summed E-state index contributed by atoms with van der Waals surface area (Å²) < 4.78 is 10.9. The zero-order chi connectivity index (χ0) is 21.8. The van der Waals surface area contributed by atoms with Crippen molar-refractivity contribution in [1.82, 2.24) is 14.7 Å². The Morgan fingerprint density at radius 2 is 1.90 bits per heavy atom. The number of methoxy groups -OCH3 is 2. The van der Waals surface area contributed by atoms with Gasteiger partial charge in [0, 0.05) is 44.8 Å². The Bertz CT molecular complexity index is 913. The molecule has 0 bridgehead atoms. The quantitative estimate of drug-likeness (QED) is 0.632. The Kier molecular flexibility index (Phi) is 7.04. The summed E-state index contributed by atoms with van der Waals surface area (Å²) in [6.45, 7) is 4.50. The highest BCUT2D eigenvalue weighted by molar-refractivity contribution is 8.00. The van der Waals surface area contributed by atoms with Crippen molar-refractivity contribution in [1.29, 1.82) is 0 Å². The van der Waals surface area contributed by atoms with Crippen molar-refractivity contribution in [2.75, 3.05) is 59.2 Å². The Morgan fingerprint density at radius 1 is 1.10 bits per heavy atom. The van der Waals surface area contributed by atoms with Gasteiger partial charge in [0.25, 0.3) is 5.91 Å². The van der Waals surface area contributed by atoms with E-state index >= 15 is 0 Å². The monoisotopic (exact) mass is 461 g/mol. The molecule has 1 aromatic heterocycles. The molecule has 0 N–H and O–H groups in total. The minimum Gasteiger partial charge on any atom is -0.497 e. The first-order chi connectivity index (χ1) is 15.1. The van der Waals surface area contributed by atoms with Crippen LogP contribution in [0.25, 0.3) is 0 Å². The highest BCUT2D eigenvalue weighted by atomic mass is 32.2. The maximum atomic E-state index is 12.6. The zero-order valence-electron chi connectivity index (χ0n) is 17.8. The van der Waals surface area contributed by atoms with Crippen molar-refractivity contribution < 1.29 is 19.1 Å².